The summed E-state index contributed by atoms with van der Waals surface area (Å²) in [5.74, 6) is -2.71. The third-order valence-electron chi connectivity index (χ3n) is 9.82. The Morgan fingerprint density at radius 1 is 0.980 bits per heavy atom. The number of carbonyl (C=O) groups excluding carboxylic acids is 2. The predicted molar refractivity (Wildman–Crippen MR) is 191 cm³/mol. The summed E-state index contributed by atoms with van der Waals surface area (Å²) < 4.78 is 50.4. The number of amides is 2. The lowest BCUT2D eigenvalue weighted by Crippen LogP contribution is -2.60. The molecule has 2 heterocycles. The van der Waals surface area contributed by atoms with E-state index in [2.05, 4.69) is 33.9 Å². The van der Waals surface area contributed by atoms with Crippen molar-refractivity contribution in [1.82, 2.24) is 4.90 Å². The summed E-state index contributed by atoms with van der Waals surface area (Å²) in [5.41, 5.74) is 5.73. The molecule has 2 amide bonds. The van der Waals surface area contributed by atoms with E-state index in [1.165, 1.54) is 18.2 Å². The molecule has 0 radical (unpaired) electrons. The molecule has 264 valence electrons. The number of nitrogens with zero attached hydrogens (tertiary/aromatic N) is 2. The van der Waals surface area contributed by atoms with Gasteiger partial charge in [0.2, 0.25) is 5.91 Å². The van der Waals surface area contributed by atoms with E-state index >= 15 is 8.78 Å². The molecule has 2 aliphatic heterocycles. The zero-order chi connectivity index (χ0) is 36.1. The van der Waals surface area contributed by atoms with Crippen LogP contribution in [0.25, 0.3) is 11.1 Å². The molecule has 2 N–H and O–H groups in total. The third-order valence-corrected chi connectivity index (χ3v) is 14.7. The molecule has 3 aromatic rings. The second-order valence-electron chi connectivity index (χ2n) is 15.3. The van der Waals surface area contributed by atoms with Gasteiger partial charge in [-0.1, -0.05) is 62.7 Å². The zero-order valence-corrected chi connectivity index (χ0v) is 31.3. The molecule has 0 aromatic heterocycles. The van der Waals surface area contributed by atoms with Crippen LogP contribution in [0.2, 0.25) is 23.2 Å². The first-order valence-electron chi connectivity index (χ1n) is 16.5. The molecule has 12 heteroatoms. The van der Waals surface area contributed by atoms with Crippen LogP contribution in [0.15, 0.2) is 48.5 Å². The lowest BCUT2D eigenvalue weighted by atomic mass is 9.82. The maximum absolute atomic E-state index is 16.7. The highest BCUT2D eigenvalue weighted by Crippen LogP contribution is 2.53. The van der Waals surface area contributed by atoms with Crippen molar-refractivity contribution in [2.45, 2.75) is 77.2 Å². The predicted octanol–water partition coefficient (Wildman–Crippen LogP) is 8.29. The average Bonchev–Trinajstić information content (AvgIpc) is 3.34. The molecule has 3 aromatic carbocycles. The summed E-state index contributed by atoms with van der Waals surface area (Å²) >= 11 is 6.72. The van der Waals surface area contributed by atoms with Crippen LogP contribution in [0.5, 0.6) is 5.75 Å². The van der Waals surface area contributed by atoms with E-state index in [9.17, 15) is 9.59 Å². The first-order chi connectivity index (χ1) is 22.8. The second-order valence-corrected chi connectivity index (χ2v) is 20.5. The standard InChI is InChI=1S/C37H46ClF2N3O5Si/c1-35(2,3)48-34(45)42-16-17-43-27-20-26(39)31(38)29(25(27)21-37(43,22-42)23-12-10-9-11-13-23)30-24(33(41)44)14-15-28(32(30)40)46-18-19-47-49(7,8)36(4,5)6/h9-15,20H,16-19,21-22H2,1-8H3,(H2,41,44). The number of benzene rings is 3. The highest BCUT2D eigenvalue weighted by Gasteiger charge is 2.51. The molecule has 0 bridgehead atoms. The lowest BCUT2D eigenvalue weighted by Gasteiger charge is -2.48. The van der Waals surface area contributed by atoms with Crippen molar-refractivity contribution in [3.05, 3.63) is 81.9 Å². The number of halogens is 3. The molecule has 2 aliphatic rings. The normalized spacial score (nSPS) is 17.9. The lowest BCUT2D eigenvalue weighted by molar-refractivity contribution is 0.0164. The van der Waals surface area contributed by atoms with Gasteiger partial charge in [0.15, 0.2) is 19.9 Å². The quantitative estimate of drug-likeness (QED) is 0.187. The molecular weight excluding hydrogens is 668 g/mol. The van der Waals surface area contributed by atoms with Crippen molar-refractivity contribution >= 4 is 37.6 Å². The number of nitrogens with two attached hydrogens (primary N) is 1. The molecule has 1 fully saturated rings. The van der Waals surface area contributed by atoms with Gasteiger partial charge in [-0.15, -0.1) is 0 Å². The van der Waals surface area contributed by atoms with E-state index < -0.39 is 43.1 Å². The van der Waals surface area contributed by atoms with Gasteiger partial charge in [-0.25, -0.2) is 13.6 Å². The summed E-state index contributed by atoms with van der Waals surface area (Å²) in [6.07, 6.45) is -0.239. The van der Waals surface area contributed by atoms with Crippen LogP contribution in [0, 0.1) is 11.6 Å². The van der Waals surface area contributed by atoms with E-state index in [-0.39, 0.29) is 58.7 Å². The minimum atomic E-state index is -2.08. The first kappa shape index (κ1) is 36.6. The Labute approximate surface area is 293 Å². The fraction of sp³-hybridized carbons (Fsp3) is 0.459. The highest BCUT2D eigenvalue weighted by atomic mass is 35.5. The van der Waals surface area contributed by atoms with Gasteiger partial charge in [0.05, 0.1) is 29.3 Å². The number of hydrogen-bond acceptors (Lipinski definition) is 6. The van der Waals surface area contributed by atoms with Crippen molar-refractivity contribution in [2.24, 2.45) is 5.73 Å². The Hall–Kier alpha value is -3.67. The van der Waals surface area contributed by atoms with Crippen LogP contribution in [-0.4, -0.2) is 63.7 Å². The maximum atomic E-state index is 16.7. The van der Waals surface area contributed by atoms with E-state index in [1.54, 1.807) is 25.7 Å². The fourth-order valence-electron chi connectivity index (χ4n) is 6.40. The molecule has 0 spiro atoms. The van der Waals surface area contributed by atoms with Gasteiger partial charge in [0, 0.05) is 36.3 Å². The third kappa shape index (κ3) is 7.02. The van der Waals surface area contributed by atoms with Crippen molar-refractivity contribution in [2.75, 3.05) is 37.7 Å². The molecule has 1 atom stereocenters. The Balaban J connectivity index is 1.60. The molecule has 1 saturated heterocycles. The van der Waals surface area contributed by atoms with Crippen LogP contribution >= 0.6 is 11.6 Å². The van der Waals surface area contributed by atoms with Crippen molar-refractivity contribution in [3.8, 4) is 16.9 Å². The van der Waals surface area contributed by atoms with Crippen LogP contribution in [0.4, 0.5) is 19.3 Å². The zero-order valence-electron chi connectivity index (χ0n) is 29.5. The summed E-state index contributed by atoms with van der Waals surface area (Å²) in [5, 5.41) is -0.359. The monoisotopic (exact) mass is 713 g/mol. The summed E-state index contributed by atoms with van der Waals surface area (Å²) in [4.78, 5) is 29.8. The molecule has 0 saturated carbocycles. The second kappa shape index (κ2) is 13.2. The van der Waals surface area contributed by atoms with Gasteiger partial charge in [0.1, 0.15) is 18.0 Å². The minimum absolute atomic E-state index is 0.0166. The Morgan fingerprint density at radius 3 is 2.27 bits per heavy atom. The van der Waals surface area contributed by atoms with Gasteiger partial charge in [-0.3, -0.25) is 4.79 Å². The van der Waals surface area contributed by atoms with Crippen LogP contribution < -0.4 is 15.4 Å². The Kier molecular flexibility index (Phi) is 9.88. The van der Waals surface area contributed by atoms with Gasteiger partial charge < -0.3 is 29.4 Å². The van der Waals surface area contributed by atoms with Crippen molar-refractivity contribution < 1.29 is 32.3 Å². The number of anilines is 1. The van der Waals surface area contributed by atoms with E-state index in [1.807, 2.05) is 35.2 Å². The molecule has 5 rings (SSSR count). The maximum Gasteiger partial charge on any atom is 0.410 e. The average molecular weight is 714 g/mol. The van der Waals surface area contributed by atoms with Crippen molar-refractivity contribution in [1.29, 1.82) is 0 Å². The van der Waals surface area contributed by atoms with Gasteiger partial charge in [-0.2, -0.15) is 0 Å². The van der Waals surface area contributed by atoms with Gasteiger partial charge >= 0.3 is 6.09 Å². The number of hydrogen-bond donors (Lipinski definition) is 1. The smallest absolute Gasteiger partial charge is 0.410 e. The number of piperazine rings is 1. The number of ether oxygens (including phenoxy) is 2. The Bertz CT molecular complexity index is 1760. The fourth-order valence-corrected chi connectivity index (χ4v) is 7.69. The summed E-state index contributed by atoms with van der Waals surface area (Å²) in [6, 6.07) is 13.6. The molecule has 8 nitrogen and oxygen atoms in total. The minimum Gasteiger partial charge on any atom is -0.488 e. The summed E-state index contributed by atoms with van der Waals surface area (Å²) in [7, 11) is -2.08. The molecule has 1 unspecified atom stereocenters. The van der Waals surface area contributed by atoms with Gasteiger partial charge in [0.25, 0.3) is 0 Å². The van der Waals surface area contributed by atoms with E-state index in [0.29, 0.717) is 24.3 Å². The van der Waals surface area contributed by atoms with Crippen LogP contribution in [0.3, 0.4) is 0 Å². The summed E-state index contributed by atoms with van der Waals surface area (Å²) in [6.45, 7) is 17.2. The Morgan fingerprint density at radius 2 is 1.65 bits per heavy atom. The first-order valence-corrected chi connectivity index (χ1v) is 19.8. The molecular formula is C37H46ClF2N3O5Si. The number of carbonyl (C=O) groups is 2. The van der Waals surface area contributed by atoms with Crippen LogP contribution in [-0.2, 0) is 21.1 Å². The highest BCUT2D eigenvalue weighted by molar-refractivity contribution is 6.74. The number of rotatable bonds is 8. The topological polar surface area (TPSA) is 94.3 Å². The molecule has 0 aliphatic carbocycles. The largest absolute Gasteiger partial charge is 0.488 e. The number of fused-ring (bicyclic) bond motifs is 3. The SMILES string of the molecule is CC(C)(C)OC(=O)N1CCN2c3cc(F)c(Cl)c(-c4c(C(N)=O)ccc(OCCO[Si](C)(C)C(C)(C)C)c4F)c3CC2(c2ccccc2)C1. The van der Waals surface area contributed by atoms with Crippen LogP contribution in [0.1, 0.15) is 63.0 Å². The van der Waals surface area contributed by atoms with Gasteiger partial charge in [-0.05, 0) is 68.2 Å². The van der Waals surface area contributed by atoms with E-state index in [4.69, 9.17) is 31.2 Å². The van der Waals surface area contributed by atoms with E-state index in [0.717, 1.165) is 5.56 Å². The number of primary amides is 1. The molecule has 49 heavy (non-hydrogen) atoms. The van der Waals surface area contributed by atoms with Crippen molar-refractivity contribution in [3.63, 3.8) is 0 Å².